The minimum atomic E-state index is -0.124. The summed E-state index contributed by atoms with van der Waals surface area (Å²) in [6.07, 6.45) is 2.52. The molecule has 0 saturated heterocycles. The molecule has 2 aromatic rings. The van der Waals surface area contributed by atoms with Crippen LogP contribution in [0.3, 0.4) is 0 Å². The van der Waals surface area contributed by atoms with Crippen LogP contribution in [0.1, 0.15) is 53.9 Å². The third-order valence-corrected chi connectivity index (χ3v) is 5.82. The van der Waals surface area contributed by atoms with Crippen LogP contribution in [0.25, 0.3) is 0 Å². The van der Waals surface area contributed by atoms with Gasteiger partial charge in [0.25, 0.3) is 0 Å². The third kappa shape index (κ3) is 3.01. The number of ketones is 1. The summed E-state index contributed by atoms with van der Waals surface area (Å²) < 4.78 is 0. The highest BCUT2D eigenvalue weighted by atomic mass is 16.2. The minimum Gasteiger partial charge on any atom is -0.294 e. The highest BCUT2D eigenvalue weighted by Crippen LogP contribution is 2.44. The van der Waals surface area contributed by atoms with E-state index >= 15 is 0 Å². The standard InChI is InChI=1S/C24H25NO2/c1-15-10-12-18(13-11-15)19-14-22(27)25(20-8-5-9-21(26)23(19)20)24-16(2)6-4-7-17(24)3/h4,6-7,10-13,19H,5,8-9,14H2,1-3H3. The summed E-state index contributed by atoms with van der Waals surface area (Å²) in [7, 11) is 0. The number of hydrogen-bond donors (Lipinski definition) is 0. The molecular formula is C24H25NO2. The van der Waals surface area contributed by atoms with Gasteiger partial charge in [-0.2, -0.15) is 0 Å². The molecule has 3 nitrogen and oxygen atoms in total. The number of allylic oxidation sites excluding steroid dienone is 2. The van der Waals surface area contributed by atoms with Crippen LogP contribution in [0.2, 0.25) is 0 Å². The van der Waals surface area contributed by atoms with E-state index in [4.69, 9.17) is 0 Å². The predicted octanol–water partition coefficient (Wildman–Crippen LogP) is 5.14. The Balaban J connectivity index is 1.90. The topological polar surface area (TPSA) is 37.4 Å². The lowest BCUT2D eigenvalue weighted by Gasteiger charge is -2.39. The first-order chi connectivity index (χ1) is 13.0. The van der Waals surface area contributed by atoms with E-state index in [0.717, 1.165) is 46.5 Å². The Morgan fingerprint density at radius 3 is 2.22 bits per heavy atom. The fourth-order valence-corrected chi connectivity index (χ4v) is 4.49. The van der Waals surface area contributed by atoms with E-state index in [1.54, 1.807) is 0 Å². The third-order valence-electron chi connectivity index (χ3n) is 5.82. The number of rotatable bonds is 2. The number of hydrogen-bond acceptors (Lipinski definition) is 2. The number of benzene rings is 2. The van der Waals surface area contributed by atoms with Crippen molar-refractivity contribution in [1.82, 2.24) is 0 Å². The van der Waals surface area contributed by atoms with Crippen LogP contribution in [0.4, 0.5) is 5.69 Å². The Kier molecular flexibility index (Phi) is 4.47. The van der Waals surface area contributed by atoms with Crippen molar-refractivity contribution >= 4 is 17.4 Å². The molecule has 1 heterocycles. The number of carbonyl (C=O) groups excluding carboxylic acids is 2. The van der Waals surface area contributed by atoms with Gasteiger partial charge in [0.1, 0.15) is 0 Å². The van der Waals surface area contributed by atoms with Crippen LogP contribution >= 0.6 is 0 Å². The van der Waals surface area contributed by atoms with Gasteiger partial charge < -0.3 is 0 Å². The molecule has 4 rings (SSSR count). The maximum atomic E-state index is 13.3. The molecule has 1 unspecified atom stereocenters. The second kappa shape index (κ2) is 6.80. The molecule has 1 aliphatic heterocycles. The Morgan fingerprint density at radius 2 is 1.56 bits per heavy atom. The summed E-state index contributed by atoms with van der Waals surface area (Å²) in [5.41, 5.74) is 7.12. The lowest BCUT2D eigenvalue weighted by Crippen LogP contribution is -2.41. The summed E-state index contributed by atoms with van der Waals surface area (Å²) in [5, 5.41) is 0. The fourth-order valence-electron chi connectivity index (χ4n) is 4.49. The fraction of sp³-hybridized carbons (Fsp3) is 0.333. The minimum absolute atomic E-state index is 0.0893. The largest absolute Gasteiger partial charge is 0.294 e. The first-order valence-electron chi connectivity index (χ1n) is 9.69. The molecule has 1 atom stereocenters. The Bertz CT molecular complexity index is 933. The number of Topliss-reactive ketones (excluding diaryl/α,β-unsaturated/α-hetero) is 1. The van der Waals surface area contributed by atoms with Gasteiger partial charge in [-0.3, -0.25) is 14.5 Å². The molecule has 2 aliphatic rings. The Morgan fingerprint density at radius 1 is 0.889 bits per heavy atom. The zero-order valence-corrected chi connectivity index (χ0v) is 16.2. The van der Waals surface area contributed by atoms with Crippen LogP contribution in [-0.4, -0.2) is 11.7 Å². The summed E-state index contributed by atoms with van der Waals surface area (Å²) in [4.78, 5) is 28.1. The molecule has 3 heteroatoms. The SMILES string of the molecule is Cc1ccc(C2CC(=O)N(c3c(C)cccc3C)C3=C2C(=O)CCC3)cc1. The zero-order valence-electron chi connectivity index (χ0n) is 16.2. The molecule has 0 spiro atoms. The van der Waals surface area contributed by atoms with E-state index in [1.165, 1.54) is 5.56 Å². The molecular weight excluding hydrogens is 334 g/mol. The smallest absolute Gasteiger partial charge is 0.232 e. The van der Waals surface area contributed by atoms with Crippen molar-refractivity contribution in [2.24, 2.45) is 0 Å². The molecule has 1 aliphatic carbocycles. The van der Waals surface area contributed by atoms with Gasteiger partial charge in [0.2, 0.25) is 5.91 Å². The second-order valence-electron chi connectivity index (χ2n) is 7.77. The summed E-state index contributed by atoms with van der Waals surface area (Å²) in [5.74, 6) is 0.165. The number of carbonyl (C=O) groups is 2. The molecule has 2 aromatic carbocycles. The molecule has 0 bridgehead atoms. The number of anilines is 1. The quantitative estimate of drug-likeness (QED) is 0.744. The van der Waals surface area contributed by atoms with Crippen molar-refractivity contribution < 1.29 is 9.59 Å². The molecule has 138 valence electrons. The first-order valence-corrected chi connectivity index (χ1v) is 9.69. The van der Waals surface area contributed by atoms with Gasteiger partial charge in [0.05, 0.1) is 5.69 Å². The molecule has 27 heavy (non-hydrogen) atoms. The molecule has 0 N–H and O–H groups in total. The lowest BCUT2D eigenvalue weighted by molar-refractivity contribution is -0.119. The van der Waals surface area contributed by atoms with Crippen LogP contribution in [0.5, 0.6) is 0 Å². The molecule has 1 amide bonds. The normalized spacial score (nSPS) is 20.1. The van der Waals surface area contributed by atoms with Crippen LogP contribution in [0.15, 0.2) is 53.7 Å². The van der Waals surface area contributed by atoms with E-state index < -0.39 is 0 Å². The average Bonchev–Trinajstić information content (AvgIpc) is 2.63. The zero-order chi connectivity index (χ0) is 19.1. The van der Waals surface area contributed by atoms with E-state index in [1.807, 2.05) is 36.9 Å². The van der Waals surface area contributed by atoms with Crippen molar-refractivity contribution in [2.45, 2.75) is 52.4 Å². The van der Waals surface area contributed by atoms with E-state index in [-0.39, 0.29) is 17.6 Å². The molecule has 0 radical (unpaired) electrons. The number of para-hydroxylation sites is 1. The number of nitrogens with zero attached hydrogens (tertiary/aromatic N) is 1. The van der Waals surface area contributed by atoms with Gasteiger partial charge in [0.15, 0.2) is 5.78 Å². The Hall–Kier alpha value is -2.68. The van der Waals surface area contributed by atoms with E-state index in [2.05, 4.69) is 31.2 Å². The van der Waals surface area contributed by atoms with Crippen LogP contribution in [0, 0.1) is 20.8 Å². The number of aryl methyl sites for hydroxylation is 3. The van der Waals surface area contributed by atoms with Gasteiger partial charge >= 0.3 is 0 Å². The van der Waals surface area contributed by atoms with Gasteiger partial charge in [-0.15, -0.1) is 0 Å². The molecule has 0 aromatic heterocycles. The summed E-state index contributed by atoms with van der Waals surface area (Å²) >= 11 is 0. The summed E-state index contributed by atoms with van der Waals surface area (Å²) in [6, 6.07) is 14.3. The van der Waals surface area contributed by atoms with Gasteiger partial charge in [0, 0.05) is 30.0 Å². The second-order valence-corrected chi connectivity index (χ2v) is 7.77. The molecule has 0 fully saturated rings. The van der Waals surface area contributed by atoms with Crippen LogP contribution < -0.4 is 4.90 Å². The van der Waals surface area contributed by atoms with Crippen molar-refractivity contribution in [2.75, 3.05) is 4.90 Å². The highest BCUT2D eigenvalue weighted by Gasteiger charge is 2.40. The van der Waals surface area contributed by atoms with Crippen molar-refractivity contribution in [3.8, 4) is 0 Å². The average molecular weight is 359 g/mol. The maximum absolute atomic E-state index is 13.3. The summed E-state index contributed by atoms with van der Waals surface area (Å²) in [6.45, 7) is 6.12. The highest BCUT2D eigenvalue weighted by molar-refractivity contribution is 6.08. The Labute approximate surface area is 160 Å². The maximum Gasteiger partial charge on any atom is 0.232 e. The molecule has 0 saturated carbocycles. The van der Waals surface area contributed by atoms with Crippen molar-refractivity contribution in [3.63, 3.8) is 0 Å². The monoisotopic (exact) mass is 359 g/mol. The first kappa shape index (κ1) is 17.7. The van der Waals surface area contributed by atoms with Gasteiger partial charge in [-0.25, -0.2) is 0 Å². The lowest BCUT2D eigenvalue weighted by atomic mass is 9.77. The van der Waals surface area contributed by atoms with E-state index in [0.29, 0.717) is 12.8 Å². The van der Waals surface area contributed by atoms with Crippen LogP contribution in [-0.2, 0) is 9.59 Å². The predicted molar refractivity (Wildman–Crippen MR) is 108 cm³/mol. The van der Waals surface area contributed by atoms with Crippen molar-refractivity contribution in [1.29, 1.82) is 0 Å². The van der Waals surface area contributed by atoms with Gasteiger partial charge in [-0.1, -0.05) is 48.0 Å². The van der Waals surface area contributed by atoms with E-state index in [9.17, 15) is 9.59 Å². The van der Waals surface area contributed by atoms with Gasteiger partial charge in [-0.05, 0) is 50.3 Å². The number of amides is 1. The van der Waals surface area contributed by atoms with Crippen molar-refractivity contribution in [3.05, 3.63) is 76.0 Å².